The topological polar surface area (TPSA) is 76.2 Å². The van der Waals surface area contributed by atoms with Gasteiger partial charge >= 0.3 is 5.97 Å². The predicted molar refractivity (Wildman–Crippen MR) is 78.1 cm³/mol. The van der Waals surface area contributed by atoms with Crippen molar-refractivity contribution in [1.82, 2.24) is 4.98 Å². The normalized spacial score (nSPS) is 11.7. The molecule has 0 saturated carbocycles. The maximum atomic E-state index is 10.9. The molecule has 1 atom stereocenters. The molecule has 6 heteroatoms. The SMILES string of the molecule is Cc1nc(C(N)Cc2ccccc2)sc1C(=O)O.Cl. The van der Waals surface area contributed by atoms with Crippen LogP contribution in [0.4, 0.5) is 0 Å². The molecule has 0 spiro atoms. The summed E-state index contributed by atoms with van der Waals surface area (Å²) in [6.07, 6.45) is 0.660. The Hall–Kier alpha value is -1.43. The number of thiazole rings is 1. The molecular formula is C13H15ClN2O2S. The minimum Gasteiger partial charge on any atom is -0.477 e. The molecule has 2 rings (SSSR count). The van der Waals surface area contributed by atoms with Crippen molar-refractivity contribution in [3.63, 3.8) is 0 Å². The average Bonchev–Trinajstić information content (AvgIpc) is 2.73. The molecule has 4 nitrogen and oxygen atoms in total. The van der Waals surface area contributed by atoms with Crippen LogP contribution in [0.5, 0.6) is 0 Å². The van der Waals surface area contributed by atoms with Gasteiger partial charge < -0.3 is 10.8 Å². The van der Waals surface area contributed by atoms with Crippen LogP contribution in [-0.2, 0) is 6.42 Å². The van der Waals surface area contributed by atoms with Crippen molar-refractivity contribution in [3.8, 4) is 0 Å². The third kappa shape index (κ3) is 3.76. The van der Waals surface area contributed by atoms with Gasteiger partial charge in [-0.25, -0.2) is 9.78 Å². The zero-order valence-electron chi connectivity index (χ0n) is 10.4. The average molecular weight is 299 g/mol. The molecule has 3 N–H and O–H groups in total. The maximum absolute atomic E-state index is 10.9. The molecule has 19 heavy (non-hydrogen) atoms. The lowest BCUT2D eigenvalue weighted by Gasteiger charge is -2.07. The molecule has 0 aliphatic carbocycles. The Morgan fingerprint density at radius 1 is 1.42 bits per heavy atom. The molecule has 102 valence electrons. The minimum atomic E-state index is -0.942. The van der Waals surface area contributed by atoms with E-state index < -0.39 is 5.97 Å². The number of aryl methyl sites for hydroxylation is 1. The Bertz CT molecular complexity index is 557. The molecule has 0 fully saturated rings. The molecule has 1 aromatic carbocycles. The van der Waals surface area contributed by atoms with E-state index in [9.17, 15) is 4.79 Å². The van der Waals surface area contributed by atoms with Crippen LogP contribution in [0.25, 0.3) is 0 Å². The van der Waals surface area contributed by atoms with Crippen molar-refractivity contribution in [2.24, 2.45) is 5.73 Å². The summed E-state index contributed by atoms with van der Waals surface area (Å²) in [6.45, 7) is 1.69. The lowest BCUT2D eigenvalue weighted by molar-refractivity contribution is 0.0701. The first kappa shape index (κ1) is 15.6. The van der Waals surface area contributed by atoms with Crippen LogP contribution in [-0.4, -0.2) is 16.1 Å². The van der Waals surface area contributed by atoms with Crippen molar-refractivity contribution in [3.05, 3.63) is 51.5 Å². The summed E-state index contributed by atoms with van der Waals surface area (Å²) >= 11 is 1.16. The Kier molecular flexibility index (Phi) is 5.47. The number of carboxylic acids is 1. The summed E-state index contributed by atoms with van der Waals surface area (Å²) in [6, 6.07) is 9.60. The summed E-state index contributed by atoms with van der Waals surface area (Å²) in [5.74, 6) is -0.942. The number of benzene rings is 1. The number of nitrogens with zero attached hydrogens (tertiary/aromatic N) is 1. The van der Waals surface area contributed by atoms with Gasteiger partial charge in [0, 0.05) is 0 Å². The van der Waals surface area contributed by atoms with Gasteiger partial charge in [-0.2, -0.15) is 0 Å². The van der Waals surface area contributed by atoms with Crippen LogP contribution in [0.1, 0.15) is 32.0 Å². The van der Waals surface area contributed by atoms with Gasteiger partial charge in [-0.05, 0) is 18.9 Å². The number of hydrogen-bond acceptors (Lipinski definition) is 4. The first-order chi connectivity index (χ1) is 8.58. The number of carboxylic acid groups (broad SMARTS) is 1. The minimum absolute atomic E-state index is 0. The Balaban J connectivity index is 0.00000180. The van der Waals surface area contributed by atoms with Crippen molar-refractivity contribution in [2.75, 3.05) is 0 Å². The Labute approximate surface area is 121 Å². The molecule has 0 aliphatic heterocycles. The van der Waals surface area contributed by atoms with E-state index in [1.165, 1.54) is 0 Å². The quantitative estimate of drug-likeness (QED) is 0.910. The summed E-state index contributed by atoms with van der Waals surface area (Å²) in [7, 11) is 0. The number of carbonyl (C=O) groups is 1. The number of aromatic carboxylic acids is 1. The van der Waals surface area contributed by atoms with Gasteiger partial charge in [0.25, 0.3) is 0 Å². The van der Waals surface area contributed by atoms with Gasteiger partial charge in [0.05, 0.1) is 11.7 Å². The van der Waals surface area contributed by atoms with E-state index in [2.05, 4.69) is 4.98 Å². The summed E-state index contributed by atoms with van der Waals surface area (Å²) in [5.41, 5.74) is 7.72. The zero-order valence-corrected chi connectivity index (χ0v) is 12.0. The molecule has 0 amide bonds. The van der Waals surface area contributed by atoms with Gasteiger partial charge in [-0.15, -0.1) is 23.7 Å². The number of nitrogens with two attached hydrogens (primary N) is 1. The fourth-order valence-corrected chi connectivity index (χ4v) is 2.64. The first-order valence-electron chi connectivity index (χ1n) is 5.58. The highest BCUT2D eigenvalue weighted by atomic mass is 35.5. The fraction of sp³-hybridized carbons (Fsp3) is 0.231. The van der Waals surface area contributed by atoms with E-state index in [0.717, 1.165) is 16.9 Å². The van der Waals surface area contributed by atoms with Crippen molar-refractivity contribution in [2.45, 2.75) is 19.4 Å². The van der Waals surface area contributed by atoms with Gasteiger partial charge in [0.1, 0.15) is 9.88 Å². The van der Waals surface area contributed by atoms with Crippen LogP contribution in [0.3, 0.4) is 0 Å². The molecule has 1 heterocycles. The van der Waals surface area contributed by atoms with E-state index in [-0.39, 0.29) is 23.3 Å². The standard InChI is InChI=1S/C13H14N2O2S.ClH/c1-8-11(13(16)17)18-12(15-8)10(14)7-9-5-3-2-4-6-9;/h2-6,10H,7,14H2,1H3,(H,16,17);1H. The first-order valence-corrected chi connectivity index (χ1v) is 6.39. The number of rotatable bonds is 4. The van der Waals surface area contributed by atoms with Gasteiger partial charge in [0.15, 0.2) is 0 Å². The van der Waals surface area contributed by atoms with E-state index in [1.54, 1.807) is 6.92 Å². The Morgan fingerprint density at radius 3 is 2.58 bits per heavy atom. The number of halogens is 1. The van der Waals surface area contributed by atoms with Crippen LogP contribution < -0.4 is 5.73 Å². The number of aromatic nitrogens is 1. The summed E-state index contributed by atoms with van der Waals surface area (Å²) < 4.78 is 0. The highest BCUT2D eigenvalue weighted by Crippen LogP contribution is 2.24. The molecule has 1 unspecified atom stereocenters. The van der Waals surface area contributed by atoms with Crippen LogP contribution in [0, 0.1) is 6.92 Å². The van der Waals surface area contributed by atoms with Crippen molar-refractivity contribution in [1.29, 1.82) is 0 Å². The summed E-state index contributed by atoms with van der Waals surface area (Å²) in [4.78, 5) is 15.5. The molecule has 0 aliphatic rings. The number of hydrogen-bond donors (Lipinski definition) is 2. The Morgan fingerprint density at radius 2 is 2.05 bits per heavy atom. The highest BCUT2D eigenvalue weighted by molar-refractivity contribution is 7.13. The third-order valence-electron chi connectivity index (χ3n) is 2.62. The molecule has 0 saturated heterocycles. The highest BCUT2D eigenvalue weighted by Gasteiger charge is 2.18. The molecule has 1 aromatic heterocycles. The van der Waals surface area contributed by atoms with Gasteiger partial charge in [-0.3, -0.25) is 0 Å². The fourth-order valence-electron chi connectivity index (χ4n) is 1.73. The van der Waals surface area contributed by atoms with Crippen molar-refractivity contribution < 1.29 is 9.90 Å². The van der Waals surface area contributed by atoms with E-state index in [4.69, 9.17) is 10.8 Å². The monoisotopic (exact) mass is 298 g/mol. The lowest BCUT2D eigenvalue weighted by Crippen LogP contribution is -2.12. The molecule has 0 radical (unpaired) electrons. The van der Waals surface area contributed by atoms with E-state index >= 15 is 0 Å². The van der Waals surface area contributed by atoms with E-state index in [1.807, 2.05) is 30.3 Å². The second kappa shape index (κ2) is 6.65. The summed E-state index contributed by atoms with van der Waals surface area (Å²) in [5, 5.41) is 9.65. The van der Waals surface area contributed by atoms with Crippen LogP contribution in [0.15, 0.2) is 30.3 Å². The van der Waals surface area contributed by atoms with Gasteiger partial charge in [0.2, 0.25) is 0 Å². The second-order valence-corrected chi connectivity index (χ2v) is 5.10. The van der Waals surface area contributed by atoms with Crippen LogP contribution in [0.2, 0.25) is 0 Å². The zero-order chi connectivity index (χ0) is 13.1. The maximum Gasteiger partial charge on any atom is 0.347 e. The van der Waals surface area contributed by atoms with E-state index in [0.29, 0.717) is 17.1 Å². The van der Waals surface area contributed by atoms with Gasteiger partial charge in [-0.1, -0.05) is 30.3 Å². The van der Waals surface area contributed by atoms with Crippen molar-refractivity contribution >= 4 is 29.7 Å². The van der Waals surface area contributed by atoms with Crippen LogP contribution >= 0.6 is 23.7 Å². The lowest BCUT2D eigenvalue weighted by atomic mass is 10.1. The smallest absolute Gasteiger partial charge is 0.347 e. The largest absolute Gasteiger partial charge is 0.477 e. The molecular weight excluding hydrogens is 284 g/mol. The molecule has 2 aromatic rings. The third-order valence-corrected chi connectivity index (χ3v) is 3.90. The molecule has 0 bridgehead atoms. The predicted octanol–water partition coefficient (Wildman–Crippen LogP) is 2.81. The second-order valence-electron chi connectivity index (χ2n) is 4.07.